The molecule has 0 aliphatic heterocycles. The third-order valence-electron chi connectivity index (χ3n) is 3.93. The molecule has 16 heavy (non-hydrogen) atoms. The maximum absolute atomic E-state index is 5.89. The van der Waals surface area contributed by atoms with E-state index in [9.17, 15) is 0 Å². The van der Waals surface area contributed by atoms with Gasteiger partial charge in [0.1, 0.15) is 0 Å². The van der Waals surface area contributed by atoms with Crippen LogP contribution in [0.2, 0.25) is 0 Å². The van der Waals surface area contributed by atoms with Gasteiger partial charge in [-0.3, -0.25) is 0 Å². The molecule has 0 bridgehead atoms. The standard InChI is InChI=1S/C14H30N2/c1-4-16(10-12(2)3)11-14-8-6-5-7-13(14)9-15/h12-14H,4-11,15H2,1-3H3. The summed E-state index contributed by atoms with van der Waals surface area (Å²) in [7, 11) is 0. The molecule has 0 spiro atoms. The molecule has 0 heterocycles. The highest BCUT2D eigenvalue weighted by Gasteiger charge is 2.25. The van der Waals surface area contributed by atoms with E-state index < -0.39 is 0 Å². The van der Waals surface area contributed by atoms with Crippen LogP contribution in [0, 0.1) is 17.8 Å². The highest BCUT2D eigenvalue weighted by molar-refractivity contribution is 4.78. The Bertz CT molecular complexity index is 180. The van der Waals surface area contributed by atoms with Gasteiger partial charge in [0.05, 0.1) is 0 Å². The summed E-state index contributed by atoms with van der Waals surface area (Å²) in [4.78, 5) is 2.61. The first-order valence-corrected chi connectivity index (χ1v) is 7.09. The number of rotatable bonds is 6. The second kappa shape index (κ2) is 7.29. The first-order valence-electron chi connectivity index (χ1n) is 7.09. The molecule has 0 saturated heterocycles. The van der Waals surface area contributed by atoms with Gasteiger partial charge in [-0.15, -0.1) is 0 Å². The van der Waals surface area contributed by atoms with Crippen LogP contribution in [-0.2, 0) is 0 Å². The molecule has 2 N–H and O–H groups in total. The minimum Gasteiger partial charge on any atom is -0.330 e. The number of hydrogen-bond donors (Lipinski definition) is 1. The third-order valence-corrected chi connectivity index (χ3v) is 3.93. The first-order chi connectivity index (χ1) is 7.67. The van der Waals surface area contributed by atoms with Crippen molar-refractivity contribution in [2.45, 2.75) is 46.5 Å². The molecule has 0 amide bonds. The molecular weight excluding hydrogens is 196 g/mol. The zero-order valence-corrected chi connectivity index (χ0v) is 11.4. The van der Waals surface area contributed by atoms with Crippen molar-refractivity contribution in [3.8, 4) is 0 Å². The molecule has 1 saturated carbocycles. The summed E-state index contributed by atoms with van der Waals surface area (Å²) in [5.74, 6) is 2.42. The Hall–Kier alpha value is -0.0800. The van der Waals surface area contributed by atoms with Crippen molar-refractivity contribution in [3.63, 3.8) is 0 Å². The van der Waals surface area contributed by atoms with Gasteiger partial charge in [-0.2, -0.15) is 0 Å². The minimum atomic E-state index is 0.778. The first kappa shape index (κ1) is 14.0. The van der Waals surface area contributed by atoms with Crippen LogP contribution in [0.1, 0.15) is 46.5 Å². The summed E-state index contributed by atoms with van der Waals surface area (Å²) in [5.41, 5.74) is 5.89. The smallest absolute Gasteiger partial charge is 0.00128 e. The van der Waals surface area contributed by atoms with Crippen LogP contribution in [0.3, 0.4) is 0 Å². The van der Waals surface area contributed by atoms with Crippen molar-refractivity contribution in [3.05, 3.63) is 0 Å². The lowest BCUT2D eigenvalue weighted by atomic mass is 9.79. The second-order valence-corrected chi connectivity index (χ2v) is 5.79. The quantitative estimate of drug-likeness (QED) is 0.754. The van der Waals surface area contributed by atoms with Crippen LogP contribution in [0.25, 0.3) is 0 Å². The van der Waals surface area contributed by atoms with Crippen LogP contribution in [0.5, 0.6) is 0 Å². The Morgan fingerprint density at radius 3 is 2.31 bits per heavy atom. The van der Waals surface area contributed by atoms with Gasteiger partial charge in [0.25, 0.3) is 0 Å². The van der Waals surface area contributed by atoms with Crippen molar-refractivity contribution in [1.82, 2.24) is 4.90 Å². The second-order valence-electron chi connectivity index (χ2n) is 5.79. The van der Waals surface area contributed by atoms with Crippen molar-refractivity contribution in [1.29, 1.82) is 0 Å². The minimum absolute atomic E-state index is 0.778. The number of nitrogens with zero attached hydrogens (tertiary/aromatic N) is 1. The largest absolute Gasteiger partial charge is 0.330 e. The van der Waals surface area contributed by atoms with Gasteiger partial charge in [-0.05, 0) is 43.7 Å². The van der Waals surface area contributed by atoms with Crippen LogP contribution < -0.4 is 5.73 Å². The van der Waals surface area contributed by atoms with Gasteiger partial charge < -0.3 is 10.6 Å². The summed E-state index contributed by atoms with van der Waals surface area (Å²) in [6.07, 6.45) is 5.58. The molecule has 0 aromatic heterocycles. The maximum atomic E-state index is 5.89. The van der Waals surface area contributed by atoms with Gasteiger partial charge in [0.2, 0.25) is 0 Å². The SMILES string of the molecule is CCN(CC(C)C)CC1CCCCC1CN. The average Bonchev–Trinajstić information content (AvgIpc) is 2.28. The van der Waals surface area contributed by atoms with E-state index in [4.69, 9.17) is 5.73 Å². The Morgan fingerprint density at radius 2 is 1.81 bits per heavy atom. The van der Waals surface area contributed by atoms with Gasteiger partial charge in [-0.25, -0.2) is 0 Å². The Labute approximate surface area is 102 Å². The zero-order chi connectivity index (χ0) is 12.0. The lowest BCUT2D eigenvalue weighted by Gasteiger charge is -2.35. The molecule has 1 fully saturated rings. The molecule has 0 aromatic carbocycles. The lowest BCUT2D eigenvalue weighted by molar-refractivity contribution is 0.148. The normalized spacial score (nSPS) is 26.6. The van der Waals surface area contributed by atoms with E-state index in [2.05, 4.69) is 25.7 Å². The molecule has 2 atom stereocenters. The molecule has 0 aromatic rings. The van der Waals surface area contributed by atoms with E-state index in [-0.39, 0.29) is 0 Å². The highest BCUT2D eigenvalue weighted by atomic mass is 15.1. The molecule has 2 nitrogen and oxygen atoms in total. The maximum Gasteiger partial charge on any atom is 0.00128 e. The molecule has 96 valence electrons. The predicted octanol–water partition coefficient (Wildman–Crippen LogP) is 2.73. The van der Waals surface area contributed by atoms with Crippen molar-refractivity contribution < 1.29 is 0 Å². The van der Waals surface area contributed by atoms with Crippen LogP contribution >= 0.6 is 0 Å². The predicted molar refractivity (Wildman–Crippen MR) is 71.5 cm³/mol. The van der Waals surface area contributed by atoms with E-state index in [0.29, 0.717) is 0 Å². The highest BCUT2D eigenvalue weighted by Crippen LogP contribution is 2.30. The Balaban J connectivity index is 2.41. The summed E-state index contributed by atoms with van der Waals surface area (Å²) in [6, 6.07) is 0. The van der Waals surface area contributed by atoms with E-state index in [1.807, 2.05) is 0 Å². The van der Waals surface area contributed by atoms with Gasteiger partial charge in [0, 0.05) is 13.1 Å². The summed E-state index contributed by atoms with van der Waals surface area (Å²) in [5, 5.41) is 0. The fourth-order valence-corrected chi connectivity index (χ4v) is 3.02. The fourth-order valence-electron chi connectivity index (χ4n) is 3.02. The van der Waals surface area contributed by atoms with E-state index in [1.165, 1.54) is 45.3 Å². The van der Waals surface area contributed by atoms with Gasteiger partial charge in [-0.1, -0.05) is 33.6 Å². The van der Waals surface area contributed by atoms with Crippen LogP contribution in [0.15, 0.2) is 0 Å². The average molecular weight is 226 g/mol. The molecule has 1 aliphatic carbocycles. The molecule has 1 rings (SSSR count). The molecule has 1 aliphatic rings. The Morgan fingerprint density at radius 1 is 1.19 bits per heavy atom. The van der Waals surface area contributed by atoms with Crippen molar-refractivity contribution in [2.24, 2.45) is 23.5 Å². The molecule has 2 heteroatoms. The molecular formula is C14H30N2. The lowest BCUT2D eigenvalue weighted by Crippen LogP contribution is -2.38. The Kier molecular flexibility index (Phi) is 6.37. The third kappa shape index (κ3) is 4.42. The van der Waals surface area contributed by atoms with Crippen LogP contribution in [-0.4, -0.2) is 31.1 Å². The zero-order valence-electron chi connectivity index (χ0n) is 11.4. The molecule has 0 radical (unpaired) electrons. The van der Waals surface area contributed by atoms with E-state index in [1.54, 1.807) is 0 Å². The summed E-state index contributed by atoms with van der Waals surface area (Å²) >= 11 is 0. The topological polar surface area (TPSA) is 29.3 Å². The van der Waals surface area contributed by atoms with E-state index >= 15 is 0 Å². The van der Waals surface area contributed by atoms with Crippen LogP contribution in [0.4, 0.5) is 0 Å². The summed E-state index contributed by atoms with van der Waals surface area (Å²) < 4.78 is 0. The summed E-state index contributed by atoms with van der Waals surface area (Å²) in [6.45, 7) is 11.5. The van der Waals surface area contributed by atoms with Gasteiger partial charge in [0.15, 0.2) is 0 Å². The van der Waals surface area contributed by atoms with Crippen molar-refractivity contribution >= 4 is 0 Å². The number of nitrogens with two attached hydrogens (primary N) is 1. The van der Waals surface area contributed by atoms with Crippen molar-refractivity contribution in [2.75, 3.05) is 26.2 Å². The van der Waals surface area contributed by atoms with E-state index in [0.717, 1.165) is 24.3 Å². The van der Waals surface area contributed by atoms with Gasteiger partial charge >= 0.3 is 0 Å². The molecule has 2 unspecified atom stereocenters. The fraction of sp³-hybridized carbons (Fsp3) is 1.00. The number of hydrogen-bond acceptors (Lipinski definition) is 2. The monoisotopic (exact) mass is 226 g/mol.